The normalized spacial score (nSPS) is 10.5. The highest BCUT2D eigenvalue weighted by atomic mass is 35.5. The zero-order chi connectivity index (χ0) is 15.6. The third kappa shape index (κ3) is 3.59. The average Bonchev–Trinajstić information content (AvgIpc) is 2.41. The second-order valence-corrected chi connectivity index (χ2v) is 4.95. The minimum atomic E-state index is -1.21. The Kier molecular flexibility index (Phi) is 4.59. The van der Waals surface area contributed by atoms with E-state index in [2.05, 4.69) is 5.32 Å². The molecule has 8 heteroatoms. The fraction of sp³-hybridized carbons (Fsp3) is 0.0769. The van der Waals surface area contributed by atoms with Gasteiger partial charge in [-0.15, -0.1) is 0 Å². The van der Waals surface area contributed by atoms with Crippen molar-refractivity contribution in [3.63, 3.8) is 0 Å². The second kappa shape index (κ2) is 6.24. The number of nitrogens with zero attached hydrogens (tertiary/aromatic N) is 1. The Morgan fingerprint density at radius 2 is 1.81 bits per heavy atom. The molecule has 0 unspecified atom stereocenters. The number of nitro groups is 1. The molecule has 0 heterocycles. The Hall–Kier alpha value is -1.92. The van der Waals surface area contributed by atoms with Gasteiger partial charge in [0.05, 0.1) is 15.0 Å². The summed E-state index contributed by atoms with van der Waals surface area (Å²) in [5.74, 6) is -2.08. The van der Waals surface area contributed by atoms with Gasteiger partial charge in [0, 0.05) is 29.9 Å². The highest BCUT2D eigenvalue weighted by Gasteiger charge is 2.18. The predicted octanol–water partition coefficient (Wildman–Crippen LogP) is 4.79. The van der Waals surface area contributed by atoms with Crippen LogP contribution in [-0.4, -0.2) is 4.92 Å². The fourth-order valence-corrected chi connectivity index (χ4v) is 1.96. The van der Waals surface area contributed by atoms with E-state index in [1.165, 1.54) is 6.07 Å². The molecule has 0 radical (unpaired) electrons. The number of benzene rings is 2. The number of rotatable bonds is 4. The number of anilines is 1. The predicted molar refractivity (Wildman–Crippen MR) is 76.8 cm³/mol. The molecule has 0 aliphatic carbocycles. The Balaban J connectivity index is 2.21. The van der Waals surface area contributed by atoms with Gasteiger partial charge in [0.1, 0.15) is 5.82 Å². The maximum absolute atomic E-state index is 13.6. The third-order valence-corrected chi connectivity index (χ3v) is 3.45. The van der Waals surface area contributed by atoms with E-state index in [9.17, 15) is 18.9 Å². The summed E-state index contributed by atoms with van der Waals surface area (Å²) in [6.45, 7) is -0.0646. The molecule has 4 nitrogen and oxygen atoms in total. The van der Waals surface area contributed by atoms with Crippen LogP contribution in [0.3, 0.4) is 0 Å². The van der Waals surface area contributed by atoms with Crippen molar-refractivity contribution in [2.45, 2.75) is 6.54 Å². The van der Waals surface area contributed by atoms with Crippen LogP contribution >= 0.6 is 23.2 Å². The Morgan fingerprint density at radius 3 is 2.43 bits per heavy atom. The van der Waals surface area contributed by atoms with Gasteiger partial charge in [0.25, 0.3) is 0 Å². The number of halogens is 4. The zero-order valence-corrected chi connectivity index (χ0v) is 11.9. The van der Waals surface area contributed by atoms with Gasteiger partial charge in [-0.3, -0.25) is 10.1 Å². The van der Waals surface area contributed by atoms with Crippen molar-refractivity contribution in [3.8, 4) is 0 Å². The van der Waals surface area contributed by atoms with E-state index >= 15 is 0 Å². The first-order chi connectivity index (χ1) is 9.88. The monoisotopic (exact) mass is 332 g/mol. The maximum Gasteiger partial charge on any atom is 0.305 e. The fourth-order valence-electron chi connectivity index (χ4n) is 1.66. The van der Waals surface area contributed by atoms with Gasteiger partial charge in [-0.1, -0.05) is 23.2 Å². The summed E-state index contributed by atoms with van der Waals surface area (Å²) in [4.78, 5) is 9.73. The van der Waals surface area contributed by atoms with Crippen molar-refractivity contribution in [1.29, 1.82) is 0 Å². The van der Waals surface area contributed by atoms with Gasteiger partial charge in [0.2, 0.25) is 5.82 Å². The molecular weight excluding hydrogens is 325 g/mol. The molecule has 2 rings (SSSR count). The molecule has 21 heavy (non-hydrogen) atoms. The van der Waals surface area contributed by atoms with Crippen LogP contribution in [0, 0.1) is 21.7 Å². The topological polar surface area (TPSA) is 55.2 Å². The Morgan fingerprint density at radius 1 is 1.10 bits per heavy atom. The van der Waals surface area contributed by atoms with Gasteiger partial charge in [-0.05, 0) is 18.2 Å². The molecule has 110 valence electrons. The van der Waals surface area contributed by atoms with Crippen molar-refractivity contribution in [2.24, 2.45) is 0 Å². The van der Waals surface area contributed by atoms with E-state index < -0.39 is 22.2 Å². The van der Waals surface area contributed by atoms with E-state index in [4.69, 9.17) is 23.2 Å². The summed E-state index contributed by atoms with van der Waals surface area (Å²) >= 11 is 11.6. The molecule has 0 aliphatic rings. The van der Waals surface area contributed by atoms with E-state index in [-0.39, 0.29) is 12.1 Å². The van der Waals surface area contributed by atoms with Crippen molar-refractivity contribution in [2.75, 3.05) is 5.32 Å². The molecule has 0 saturated carbocycles. The number of nitrogens with one attached hydrogen (secondary N) is 1. The van der Waals surface area contributed by atoms with Crippen LogP contribution in [0.2, 0.25) is 10.0 Å². The Labute approximate surface area is 128 Å². The average molecular weight is 333 g/mol. The van der Waals surface area contributed by atoms with Crippen molar-refractivity contribution >= 4 is 34.6 Å². The lowest BCUT2D eigenvalue weighted by atomic mass is 10.1. The molecule has 0 atom stereocenters. The van der Waals surface area contributed by atoms with E-state index in [0.717, 1.165) is 6.07 Å². The molecule has 0 bridgehead atoms. The first-order valence-electron chi connectivity index (χ1n) is 5.69. The second-order valence-electron chi connectivity index (χ2n) is 4.13. The lowest BCUT2D eigenvalue weighted by Crippen LogP contribution is -2.04. The van der Waals surface area contributed by atoms with Crippen LogP contribution < -0.4 is 5.32 Å². The standard InChI is InChI=1S/C13H8Cl2F2N2O2/c14-9-2-1-8(4-10(9)15)18-6-7-3-13(19(20)21)12(17)5-11(7)16/h1-5,18H,6H2. The smallest absolute Gasteiger partial charge is 0.305 e. The van der Waals surface area contributed by atoms with Crippen LogP contribution in [0.15, 0.2) is 30.3 Å². The summed E-state index contributed by atoms with van der Waals surface area (Å²) in [6, 6.07) is 6.04. The summed E-state index contributed by atoms with van der Waals surface area (Å²) in [5.41, 5.74) is -0.257. The first kappa shape index (κ1) is 15.5. The molecule has 0 saturated heterocycles. The summed E-state index contributed by atoms with van der Waals surface area (Å²) in [7, 11) is 0. The number of nitro benzene ring substituents is 1. The van der Waals surface area contributed by atoms with Gasteiger partial charge in [-0.2, -0.15) is 4.39 Å². The molecule has 2 aromatic rings. The van der Waals surface area contributed by atoms with Crippen LogP contribution in [0.25, 0.3) is 0 Å². The molecule has 0 aliphatic heterocycles. The first-order valence-corrected chi connectivity index (χ1v) is 6.45. The van der Waals surface area contributed by atoms with Crippen LogP contribution in [-0.2, 0) is 6.54 Å². The Bertz CT molecular complexity index is 711. The molecule has 0 aromatic heterocycles. The number of hydrogen-bond acceptors (Lipinski definition) is 3. The molecule has 0 fully saturated rings. The van der Waals surface area contributed by atoms with E-state index in [0.29, 0.717) is 21.8 Å². The minimum Gasteiger partial charge on any atom is -0.381 e. The largest absolute Gasteiger partial charge is 0.381 e. The quantitative estimate of drug-likeness (QED) is 0.646. The van der Waals surface area contributed by atoms with Gasteiger partial charge in [-0.25, -0.2) is 4.39 Å². The summed E-state index contributed by atoms with van der Waals surface area (Å²) < 4.78 is 26.8. The molecule has 2 aromatic carbocycles. The molecule has 1 N–H and O–H groups in total. The summed E-state index contributed by atoms with van der Waals surface area (Å²) in [5, 5.41) is 14.1. The highest BCUT2D eigenvalue weighted by Crippen LogP contribution is 2.26. The zero-order valence-electron chi connectivity index (χ0n) is 10.4. The molecule has 0 spiro atoms. The van der Waals surface area contributed by atoms with Gasteiger partial charge < -0.3 is 5.32 Å². The van der Waals surface area contributed by atoms with Crippen molar-refractivity contribution in [1.82, 2.24) is 0 Å². The third-order valence-electron chi connectivity index (χ3n) is 2.72. The lowest BCUT2D eigenvalue weighted by molar-refractivity contribution is -0.387. The van der Waals surface area contributed by atoms with E-state index in [1.807, 2.05) is 0 Å². The lowest BCUT2D eigenvalue weighted by Gasteiger charge is -2.08. The van der Waals surface area contributed by atoms with E-state index in [1.54, 1.807) is 12.1 Å². The maximum atomic E-state index is 13.6. The summed E-state index contributed by atoms with van der Waals surface area (Å²) in [6.07, 6.45) is 0. The highest BCUT2D eigenvalue weighted by molar-refractivity contribution is 6.42. The van der Waals surface area contributed by atoms with Crippen LogP contribution in [0.4, 0.5) is 20.2 Å². The van der Waals surface area contributed by atoms with Crippen molar-refractivity contribution < 1.29 is 13.7 Å². The molecular formula is C13H8Cl2F2N2O2. The van der Waals surface area contributed by atoms with Crippen LogP contribution in [0.5, 0.6) is 0 Å². The van der Waals surface area contributed by atoms with Gasteiger partial charge >= 0.3 is 5.69 Å². The SMILES string of the molecule is O=[N+]([O-])c1cc(CNc2ccc(Cl)c(Cl)c2)c(F)cc1F. The number of hydrogen-bond donors (Lipinski definition) is 1. The molecule has 0 amide bonds. The van der Waals surface area contributed by atoms with Crippen LogP contribution in [0.1, 0.15) is 5.56 Å². The minimum absolute atomic E-state index is 0.0332. The van der Waals surface area contributed by atoms with Crippen molar-refractivity contribution in [3.05, 3.63) is 67.7 Å². The van der Waals surface area contributed by atoms with Gasteiger partial charge in [0.15, 0.2) is 0 Å².